The number of imidazole rings is 1. The summed E-state index contributed by atoms with van der Waals surface area (Å²) in [6.07, 6.45) is 2.55. The SMILES string of the molecule is CCCCc1nc(SCC)c(C(=O)O)n1Cc1ccc(-c2ccccc2)c(C(=O)O)c1. The molecule has 0 saturated carbocycles. The zero-order chi connectivity index (χ0) is 22.4. The molecule has 0 bridgehead atoms. The molecule has 31 heavy (non-hydrogen) atoms. The van der Waals surface area contributed by atoms with Crippen LogP contribution in [-0.2, 0) is 13.0 Å². The average molecular weight is 439 g/mol. The van der Waals surface area contributed by atoms with Gasteiger partial charge in [-0.3, -0.25) is 0 Å². The number of hydrogen-bond donors (Lipinski definition) is 2. The molecule has 0 atom stereocenters. The molecular formula is C24H26N2O4S. The van der Waals surface area contributed by atoms with Gasteiger partial charge in [0.2, 0.25) is 0 Å². The Hall–Kier alpha value is -3.06. The molecule has 1 heterocycles. The van der Waals surface area contributed by atoms with Crippen molar-refractivity contribution in [2.75, 3.05) is 5.75 Å². The third kappa shape index (κ3) is 5.17. The van der Waals surface area contributed by atoms with Crippen molar-refractivity contribution in [3.63, 3.8) is 0 Å². The molecule has 6 nitrogen and oxygen atoms in total. The molecule has 0 saturated heterocycles. The second-order valence-corrected chi connectivity index (χ2v) is 8.41. The van der Waals surface area contributed by atoms with Crippen LogP contribution >= 0.6 is 11.8 Å². The van der Waals surface area contributed by atoms with Crippen molar-refractivity contribution in [3.05, 3.63) is 71.2 Å². The van der Waals surface area contributed by atoms with E-state index in [0.717, 1.165) is 35.5 Å². The molecule has 0 radical (unpaired) electrons. The molecule has 162 valence electrons. The lowest BCUT2D eigenvalue weighted by Crippen LogP contribution is -2.14. The Balaban J connectivity index is 2.06. The zero-order valence-corrected chi connectivity index (χ0v) is 18.5. The summed E-state index contributed by atoms with van der Waals surface area (Å²) in [5.41, 5.74) is 2.55. The summed E-state index contributed by atoms with van der Waals surface area (Å²) in [6, 6.07) is 14.6. The fourth-order valence-electron chi connectivity index (χ4n) is 3.53. The number of nitrogens with zero attached hydrogens (tertiary/aromatic N) is 2. The molecule has 7 heteroatoms. The van der Waals surface area contributed by atoms with E-state index in [1.807, 2.05) is 43.3 Å². The first kappa shape index (κ1) is 22.6. The Morgan fingerprint density at radius 3 is 2.39 bits per heavy atom. The van der Waals surface area contributed by atoms with Crippen LogP contribution in [0.15, 0.2) is 53.6 Å². The van der Waals surface area contributed by atoms with Crippen LogP contribution in [0.1, 0.15) is 58.9 Å². The maximum Gasteiger partial charge on any atom is 0.355 e. The van der Waals surface area contributed by atoms with Gasteiger partial charge in [0.05, 0.1) is 5.56 Å². The van der Waals surface area contributed by atoms with E-state index in [4.69, 9.17) is 0 Å². The van der Waals surface area contributed by atoms with Crippen molar-refractivity contribution in [1.82, 2.24) is 9.55 Å². The summed E-state index contributed by atoms with van der Waals surface area (Å²) < 4.78 is 1.72. The van der Waals surface area contributed by atoms with Crippen LogP contribution in [0.3, 0.4) is 0 Å². The lowest BCUT2D eigenvalue weighted by molar-refractivity contribution is 0.0675. The van der Waals surface area contributed by atoms with Gasteiger partial charge in [0.1, 0.15) is 10.9 Å². The van der Waals surface area contributed by atoms with Gasteiger partial charge in [0.15, 0.2) is 5.69 Å². The van der Waals surface area contributed by atoms with Gasteiger partial charge in [0.25, 0.3) is 0 Å². The molecule has 2 N–H and O–H groups in total. The van der Waals surface area contributed by atoms with E-state index in [-0.39, 0.29) is 17.8 Å². The lowest BCUT2D eigenvalue weighted by Gasteiger charge is -2.13. The van der Waals surface area contributed by atoms with Gasteiger partial charge in [-0.25, -0.2) is 14.6 Å². The van der Waals surface area contributed by atoms with E-state index < -0.39 is 11.9 Å². The summed E-state index contributed by atoms with van der Waals surface area (Å²) in [7, 11) is 0. The van der Waals surface area contributed by atoms with Crippen molar-refractivity contribution in [2.45, 2.75) is 44.7 Å². The number of aryl methyl sites for hydroxylation is 1. The van der Waals surface area contributed by atoms with Crippen LogP contribution < -0.4 is 0 Å². The molecule has 3 rings (SSSR count). The summed E-state index contributed by atoms with van der Waals surface area (Å²) in [5, 5.41) is 20.2. The molecule has 1 aromatic heterocycles. The normalized spacial score (nSPS) is 10.9. The Bertz CT molecular complexity index is 1080. The molecular weight excluding hydrogens is 412 g/mol. The second kappa shape index (κ2) is 10.3. The number of thioether (sulfide) groups is 1. The van der Waals surface area contributed by atoms with Crippen molar-refractivity contribution >= 4 is 23.7 Å². The van der Waals surface area contributed by atoms with E-state index >= 15 is 0 Å². The second-order valence-electron chi connectivity index (χ2n) is 7.16. The number of aromatic nitrogens is 2. The highest BCUT2D eigenvalue weighted by atomic mass is 32.2. The first-order valence-corrected chi connectivity index (χ1v) is 11.3. The first-order valence-electron chi connectivity index (χ1n) is 10.3. The molecule has 0 aliphatic rings. The van der Waals surface area contributed by atoms with Crippen LogP contribution in [0.2, 0.25) is 0 Å². The summed E-state index contributed by atoms with van der Waals surface area (Å²) in [5.74, 6) is -0.595. The minimum absolute atomic E-state index is 0.168. The maximum atomic E-state index is 12.0. The van der Waals surface area contributed by atoms with Gasteiger partial charge >= 0.3 is 11.9 Å². The maximum absolute atomic E-state index is 12.0. The fraction of sp³-hybridized carbons (Fsp3) is 0.292. The topological polar surface area (TPSA) is 92.4 Å². The van der Waals surface area contributed by atoms with Crippen LogP contribution in [0.25, 0.3) is 11.1 Å². The number of rotatable bonds is 10. The molecule has 0 spiro atoms. The highest BCUT2D eigenvalue weighted by Crippen LogP contribution is 2.28. The van der Waals surface area contributed by atoms with Crippen LogP contribution in [0.4, 0.5) is 0 Å². The summed E-state index contributed by atoms with van der Waals surface area (Å²) in [4.78, 5) is 28.6. The molecule has 0 unspecified atom stereocenters. The lowest BCUT2D eigenvalue weighted by atomic mass is 9.97. The van der Waals surface area contributed by atoms with Gasteiger partial charge in [-0.05, 0) is 34.9 Å². The summed E-state index contributed by atoms with van der Waals surface area (Å²) >= 11 is 1.41. The van der Waals surface area contributed by atoms with Gasteiger partial charge in [0, 0.05) is 13.0 Å². The molecule has 3 aromatic rings. The number of carboxylic acids is 2. The van der Waals surface area contributed by atoms with Crippen molar-refractivity contribution in [2.24, 2.45) is 0 Å². The number of unbranched alkanes of at least 4 members (excludes halogenated alkanes) is 1. The largest absolute Gasteiger partial charge is 0.478 e. The van der Waals surface area contributed by atoms with Crippen LogP contribution in [0, 0.1) is 0 Å². The number of benzene rings is 2. The Labute approximate surface area is 186 Å². The van der Waals surface area contributed by atoms with E-state index in [9.17, 15) is 19.8 Å². The average Bonchev–Trinajstić information content (AvgIpc) is 3.10. The Kier molecular flexibility index (Phi) is 7.52. The van der Waals surface area contributed by atoms with E-state index in [2.05, 4.69) is 11.9 Å². The van der Waals surface area contributed by atoms with Crippen molar-refractivity contribution < 1.29 is 19.8 Å². The monoisotopic (exact) mass is 438 g/mol. The predicted octanol–water partition coefficient (Wildman–Crippen LogP) is 5.45. The van der Waals surface area contributed by atoms with E-state index in [0.29, 0.717) is 17.0 Å². The quantitative estimate of drug-likeness (QED) is 0.409. The molecule has 0 aliphatic heterocycles. The van der Waals surface area contributed by atoms with Gasteiger partial charge in [-0.2, -0.15) is 0 Å². The van der Waals surface area contributed by atoms with E-state index in [1.165, 1.54) is 11.8 Å². The third-order valence-electron chi connectivity index (χ3n) is 4.99. The standard InChI is InChI=1S/C24H26N2O4S/c1-3-5-11-20-25-22(31-4-2)21(24(29)30)26(20)15-16-12-13-18(19(14-16)23(27)28)17-9-7-6-8-10-17/h6-10,12-14H,3-5,11,15H2,1-2H3,(H,27,28)(H,29,30). The van der Waals surface area contributed by atoms with Crippen LogP contribution in [0.5, 0.6) is 0 Å². The zero-order valence-electron chi connectivity index (χ0n) is 17.7. The molecule has 0 fully saturated rings. The minimum atomic E-state index is -1.02. The Morgan fingerprint density at radius 2 is 1.77 bits per heavy atom. The number of carboxylic acid groups (broad SMARTS) is 2. The van der Waals surface area contributed by atoms with Gasteiger partial charge < -0.3 is 14.8 Å². The van der Waals surface area contributed by atoms with Crippen LogP contribution in [-0.4, -0.2) is 37.5 Å². The number of aromatic carboxylic acids is 2. The van der Waals surface area contributed by atoms with Crippen molar-refractivity contribution in [3.8, 4) is 11.1 Å². The molecule has 0 amide bonds. The van der Waals surface area contributed by atoms with Crippen molar-refractivity contribution in [1.29, 1.82) is 0 Å². The minimum Gasteiger partial charge on any atom is -0.478 e. The smallest absolute Gasteiger partial charge is 0.355 e. The number of hydrogen-bond acceptors (Lipinski definition) is 4. The highest BCUT2D eigenvalue weighted by Gasteiger charge is 2.23. The predicted molar refractivity (Wildman–Crippen MR) is 122 cm³/mol. The number of carbonyl (C=O) groups is 2. The van der Waals surface area contributed by atoms with Gasteiger partial charge in [-0.15, -0.1) is 11.8 Å². The summed E-state index contributed by atoms with van der Waals surface area (Å²) in [6.45, 7) is 4.30. The fourth-order valence-corrected chi connectivity index (χ4v) is 4.31. The molecule has 2 aromatic carbocycles. The molecule has 0 aliphatic carbocycles. The van der Waals surface area contributed by atoms with Gasteiger partial charge in [-0.1, -0.05) is 62.7 Å². The first-order chi connectivity index (χ1) is 15.0. The van der Waals surface area contributed by atoms with E-state index in [1.54, 1.807) is 16.7 Å². The Morgan fingerprint density at radius 1 is 1.03 bits per heavy atom. The highest BCUT2D eigenvalue weighted by molar-refractivity contribution is 7.99. The third-order valence-corrected chi connectivity index (χ3v) is 5.84.